The second-order valence-electron chi connectivity index (χ2n) is 26.4. The first-order chi connectivity index (χ1) is 54.6. The van der Waals surface area contributed by atoms with Gasteiger partial charge in [0.1, 0.15) is 0 Å². The van der Waals surface area contributed by atoms with Crippen LogP contribution in [0.5, 0.6) is 0 Å². The molecule has 0 spiro atoms. The Morgan fingerprint density at radius 1 is 0.180 bits per heavy atom. The van der Waals surface area contributed by atoms with Gasteiger partial charge in [-0.25, -0.2) is 0 Å². The maximum Gasteiger partial charge on any atom is 3.00 e. The van der Waals surface area contributed by atoms with Gasteiger partial charge in [0.15, 0.2) is 0 Å². The van der Waals surface area contributed by atoms with Crippen LogP contribution in [0.15, 0.2) is 449 Å². The van der Waals surface area contributed by atoms with Crippen LogP contribution in [0.2, 0.25) is 0 Å². The number of aromatic nitrogens is 3. The number of nitrogens with zero attached hydrogens (tertiary/aromatic N) is 5. The molecule has 0 unspecified atom stereocenters. The van der Waals surface area contributed by atoms with Gasteiger partial charge in [0.25, 0.3) is 0 Å². The van der Waals surface area contributed by atoms with Crippen LogP contribution < -0.4 is 9.80 Å². The first-order valence-corrected chi connectivity index (χ1v) is 36.9. The summed E-state index contributed by atoms with van der Waals surface area (Å²) in [6, 6.07) is 160. The Balaban J connectivity index is 0.000000165. The summed E-state index contributed by atoms with van der Waals surface area (Å²) in [5.74, 6) is 0. The quantitative estimate of drug-likeness (QED) is 0.102. The normalized spacial score (nSPS) is 10.6. The van der Waals surface area contributed by atoms with Gasteiger partial charge >= 0.3 is 20.1 Å². The molecule has 111 heavy (non-hydrogen) atoms. The van der Waals surface area contributed by atoms with Crippen molar-refractivity contribution in [2.45, 2.75) is 0 Å². The molecule has 0 fully saturated rings. The van der Waals surface area contributed by atoms with E-state index in [0.717, 1.165) is 79.0 Å². The van der Waals surface area contributed by atoms with E-state index in [1.807, 2.05) is 146 Å². The van der Waals surface area contributed by atoms with E-state index < -0.39 is 0 Å². The molecule has 0 amide bonds. The van der Waals surface area contributed by atoms with Gasteiger partial charge in [-0.05, 0) is 196 Å². The van der Waals surface area contributed by atoms with Crippen molar-refractivity contribution >= 4 is 66.4 Å². The molecule has 0 saturated carbocycles. The fourth-order valence-electron chi connectivity index (χ4n) is 13.9. The van der Waals surface area contributed by atoms with E-state index >= 15 is 0 Å². The molecule has 6 heteroatoms. The summed E-state index contributed by atoms with van der Waals surface area (Å²) in [4.78, 5) is 18.0. The summed E-state index contributed by atoms with van der Waals surface area (Å²) in [7, 11) is 0. The van der Waals surface area contributed by atoms with Crippen LogP contribution in [0.25, 0.3) is 122 Å². The maximum atomic E-state index is 4.45. The molecular formula is C105H76IrN5. The number of hydrogen-bond donors (Lipinski definition) is 0. The second-order valence-corrected chi connectivity index (χ2v) is 26.4. The zero-order chi connectivity index (χ0) is 73.9. The summed E-state index contributed by atoms with van der Waals surface area (Å²) in [5, 5.41) is 7.16. The predicted octanol–water partition coefficient (Wildman–Crippen LogP) is 28.3. The Hall–Kier alpha value is -14.0. The second kappa shape index (κ2) is 35.6. The first kappa shape index (κ1) is 72.6. The number of rotatable bonds is 14. The van der Waals surface area contributed by atoms with Crippen LogP contribution in [0.3, 0.4) is 0 Å². The Kier molecular flexibility index (Phi) is 23.3. The molecule has 0 aliphatic heterocycles. The Morgan fingerprint density at radius 3 is 0.577 bits per heavy atom. The number of anilines is 6. The van der Waals surface area contributed by atoms with Gasteiger partial charge in [-0.15, -0.1) is 108 Å². The van der Waals surface area contributed by atoms with Crippen LogP contribution in [-0.4, -0.2) is 15.0 Å². The third kappa shape index (κ3) is 17.4. The van der Waals surface area contributed by atoms with E-state index in [9.17, 15) is 0 Å². The number of benzene rings is 16. The van der Waals surface area contributed by atoms with Gasteiger partial charge in [0, 0.05) is 54.1 Å². The zero-order valence-electron chi connectivity index (χ0n) is 60.8. The number of pyridine rings is 3. The van der Waals surface area contributed by atoms with E-state index in [4.69, 9.17) is 0 Å². The summed E-state index contributed by atoms with van der Waals surface area (Å²) >= 11 is 0. The topological polar surface area (TPSA) is 45.2 Å². The van der Waals surface area contributed by atoms with Crippen molar-refractivity contribution in [1.82, 2.24) is 15.0 Å². The minimum absolute atomic E-state index is 0. The van der Waals surface area contributed by atoms with Crippen molar-refractivity contribution < 1.29 is 21.5 Å². The molecule has 19 aromatic rings. The molecule has 19 rings (SSSR count). The van der Waals surface area contributed by atoms with E-state index in [0.29, 0.717) is 0 Å². The fourth-order valence-corrected chi connectivity index (χ4v) is 13.9. The summed E-state index contributed by atoms with van der Waals surface area (Å²) in [6.45, 7) is 0. The van der Waals surface area contributed by atoms with Crippen LogP contribution in [-0.2, 0) is 20.1 Å². The molecule has 0 aliphatic rings. The maximum absolute atomic E-state index is 4.45. The fraction of sp³-hybridized carbons (Fsp3) is 0. The average Bonchev–Trinajstić information content (AvgIpc) is 0.819. The van der Waals surface area contributed by atoms with Crippen molar-refractivity contribution in [2.24, 2.45) is 0 Å². The molecular weight excluding hydrogens is 1520 g/mol. The van der Waals surface area contributed by atoms with E-state index in [1.54, 1.807) is 0 Å². The summed E-state index contributed by atoms with van der Waals surface area (Å²) in [6.07, 6.45) is 5.54. The average molecular weight is 1600 g/mol. The largest absolute Gasteiger partial charge is 3.00 e. The van der Waals surface area contributed by atoms with E-state index in [2.05, 4.69) is 346 Å². The third-order valence-corrected chi connectivity index (χ3v) is 19.4. The summed E-state index contributed by atoms with van der Waals surface area (Å²) < 4.78 is 0. The molecule has 5 nitrogen and oxygen atoms in total. The van der Waals surface area contributed by atoms with Crippen LogP contribution in [0.4, 0.5) is 34.1 Å². The molecule has 0 atom stereocenters. The SMILES string of the molecule is [3HH].[Ir+3].[c-]1ccccc1-c1nccc2ccccc12.[c-]1ccccc1-c1nccc2ccccc12.[c-]1ccccc1-c1nccc2ccccc12.c1ccc(-c2ccc(N(c3ccc(-c4ccccc4)cc3)c3ccc(-c4ccc(N(c5ccc(-c6ccccc6)cc5)c5ccc(-c6ccccc6)cc5)cc4)cc3)cc2)cc1. The molecule has 0 saturated heterocycles. The van der Waals surface area contributed by atoms with E-state index in [-0.39, 0.29) is 21.5 Å². The smallest absolute Gasteiger partial charge is 0.311 e. The van der Waals surface area contributed by atoms with Gasteiger partial charge in [0.2, 0.25) is 0 Å². The molecule has 0 radical (unpaired) electrons. The van der Waals surface area contributed by atoms with Gasteiger partial charge < -0.3 is 24.8 Å². The van der Waals surface area contributed by atoms with Crippen LogP contribution in [0.1, 0.15) is 1.43 Å². The van der Waals surface area contributed by atoms with Crippen molar-refractivity contribution in [2.75, 3.05) is 9.80 Å². The molecule has 0 N–H and O–H groups in total. The summed E-state index contributed by atoms with van der Waals surface area (Å²) in [5.41, 5.74) is 24.6. The Morgan fingerprint density at radius 2 is 0.369 bits per heavy atom. The molecule has 3 aromatic heterocycles. The van der Waals surface area contributed by atoms with Crippen molar-refractivity contribution in [3.05, 3.63) is 468 Å². The van der Waals surface area contributed by atoms with Gasteiger partial charge in [-0.1, -0.05) is 267 Å². The monoisotopic (exact) mass is 1600 g/mol. The number of fused-ring (bicyclic) bond motifs is 3. The standard InChI is InChI=1S/C60H44N2.3C15H10N.Ir.H2/c1-5-13-45(14-6-1)49-21-33-55(34-22-49)61(56-35-23-50(24-36-56)46-15-7-2-8-16-46)59-41-29-53(30-42-59)54-31-43-60(44-32-54)62(57-37-25-51(26-38-57)47-17-9-3-10-18-47)58-39-27-52(28-40-58)48-19-11-4-12-20-48;3*1-2-7-13(8-3-1)15-14-9-5-4-6-12(14)10-11-16-15;;/h1-44H;3*1-7,9-11H;;1H/q;3*-1;+3;/i;;;;;1+2. The Labute approximate surface area is 664 Å². The van der Waals surface area contributed by atoms with Gasteiger partial charge in [-0.2, -0.15) is 0 Å². The molecule has 16 aromatic carbocycles. The molecule has 3 heterocycles. The van der Waals surface area contributed by atoms with Gasteiger partial charge in [-0.3, -0.25) is 0 Å². The van der Waals surface area contributed by atoms with Crippen molar-refractivity contribution in [3.63, 3.8) is 0 Å². The zero-order valence-corrected chi connectivity index (χ0v) is 63.2. The molecule has 530 valence electrons. The predicted molar refractivity (Wildman–Crippen MR) is 463 cm³/mol. The molecule has 0 aliphatic carbocycles. The van der Waals surface area contributed by atoms with E-state index in [1.165, 1.54) is 76.8 Å². The van der Waals surface area contributed by atoms with Crippen LogP contribution >= 0.6 is 0 Å². The minimum atomic E-state index is 0. The van der Waals surface area contributed by atoms with Crippen LogP contribution in [0, 0.1) is 18.2 Å². The van der Waals surface area contributed by atoms with Crippen molar-refractivity contribution in [3.8, 4) is 89.4 Å². The first-order valence-electron chi connectivity index (χ1n) is 36.9. The van der Waals surface area contributed by atoms with Gasteiger partial charge in [0.05, 0.1) is 0 Å². The Bertz CT molecular complexity index is 5470. The minimum Gasteiger partial charge on any atom is -0.311 e. The number of hydrogen-bond acceptors (Lipinski definition) is 5. The van der Waals surface area contributed by atoms with Crippen molar-refractivity contribution in [1.29, 1.82) is 0 Å². The third-order valence-electron chi connectivity index (χ3n) is 19.4. The molecule has 0 bridgehead atoms.